The van der Waals surface area contributed by atoms with Crippen molar-refractivity contribution in [3.8, 4) is 0 Å². The molecule has 0 fully saturated rings. The van der Waals surface area contributed by atoms with Crippen molar-refractivity contribution in [3.63, 3.8) is 0 Å². The predicted octanol–water partition coefficient (Wildman–Crippen LogP) is 19.8. The van der Waals surface area contributed by atoms with Gasteiger partial charge in [0.25, 0.3) is 0 Å². The van der Waals surface area contributed by atoms with E-state index in [4.69, 9.17) is 37.0 Å². The summed E-state index contributed by atoms with van der Waals surface area (Å²) < 4.78 is 68.2. The number of esters is 4. The normalized spacial score (nSPS) is 14.7. The summed E-state index contributed by atoms with van der Waals surface area (Å²) in [6, 6.07) is 0. The minimum atomic E-state index is -4.96. The average molecular weight is 1320 g/mol. The van der Waals surface area contributed by atoms with Crippen molar-refractivity contribution < 1.29 is 80.2 Å². The summed E-state index contributed by atoms with van der Waals surface area (Å²) in [4.78, 5) is 72.5. The average Bonchev–Trinajstić information content (AvgIpc) is 3.60. The maximum absolute atomic E-state index is 13.0. The van der Waals surface area contributed by atoms with E-state index < -0.39 is 97.5 Å². The Bertz CT molecular complexity index is 1860. The van der Waals surface area contributed by atoms with Crippen LogP contribution in [0, 0.1) is 17.8 Å². The van der Waals surface area contributed by atoms with Crippen LogP contribution < -0.4 is 0 Å². The van der Waals surface area contributed by atoms with E-state index in [9.17, 15) is 43.2 Å². The topological polar surface area (TPSA) is 237 Å². The third-order valence-electron chi connectivity index (χ3n) is 16.1. The van der Waals surface area contributed by atoms with Gasteiger partial charge in [-0.05, 0) is 69.1 Å². The Hall–Kier alpha value is -2.46. The lowest BCUT2D eigenvalue weighted by molar-refractivity contribution is -0.161. The third kappa shape index (κ3) is 63.0. The lowest BCUT2D eigenvalue weighted by Crippen LogP contribution is -2.30. The van der Waals surface area contributed by atoms with Crippen molar-refractivity contribution in [1.82, 2.24) is 0 Å². The van der Waals surface area contributed by atoms with Gasteiger partial charge in [0.2, 0.25) is 0 Å². The van der Waals surface area contributed by atoms with Gasteiger partial charge in [0.1, 0.15) is 19.3 Å². The quantitative estimate of drug-likeness (QED) is 0.0169. The molecule has 17 nitrogen and oxygen atoms in total. The number of unbranched alkanes of at least 4 members (excludes halogenated alkanes) is 31. The molecule has 0 aliphatic rings. The molecule has 6 atom stereocenters. The van der Waals surface area contributed by atoms with Crippen LogP contribution in [-0.2, 0) is 65.4 Å². The van der Waals surface area contributed by atoms with Gasteiger partial charge in [-0.1, -0.05) is 278 Å². The second kappa shape index (κ2) is 61.4. The Morgan fingerprint density at radius 1 is 0.367 bits per heavy atom. The second-order valence-electron chi connectivity index (χ2n) is 26.1. The Morgan fingerprint density at radius 2 is 0.656 bits per heavy atom. The molecule has 0 spiro atoms. The van der Waals surface area contributed by atoms with Crippen molar-refractivity contribution in [3.05, 3.63) is 24.3 Å². The molecule has 0 aromatic carbocycles. The summed E-state index contributed by atoms with van der Waals surface area (Å²) >= 11 is 0. The van der Waals surface area contributed by atoms with Crippen molar-refractivity contribution >= 4 is 39.5 Å². The standard InChI is InChI=1S/C71H134O17P2/c1-8-10-11-12-13-14-15-16-17-18-22-25-30-40-47-54-71(76)88-67(59-82-69(74)53-46-39-34-33-37-44-51-64(7)9-2)61-86-90(79,80)84-57-65(72)56-83-89(77,78)85-60-66(58-81-68(73)52-45-38-32-27-29-36-43-50-63(5)6)87-70(75)55-48-41-31-26-23-20-19-21-24-28-35-42-49-62(3)4/h14-17,62-67,72H,8-13,18-61H2,1-7H3,(H,77,78)(H,79,80)/b15-14-,17-16-/t64?,65?,66-,67-/m1/s1. The molecule has 0 aromatic rings. The summed E-state index contributed by atoms with van der Waals surface area (Å²) in [6.45, 7) is 11.7. The van der Waals surface area contributed by atoms with Gasteiger partial charge in [0, 0.05) is 25.7 Å². The molecule has 530 valence electrons. The largest absolute Gasteiger partial charge is 0.472 e. The van der Waals surface area contributed by atoms with Gasteiger partial charge in [0.15, 0.2) is 12.2 Å². The van der Waals surface area contributed by atoms with E-state index >= 15 is 0 Å². The second-order valence-corrected chi connectivity index (χ2v) is 29.0. The molecule has 0 bridgehead atoms. The van der Waals surface area contributed by atoms with Gasteiger partial charge in [-0.3, -0.25) is 37.3 Å². The fourth-order valence-corrected chi connectivity index (χ4v) is 11.7. The van der Waals surface area contributed by atoms with Crippen LogP contribution in [0.4, 0.5) is 0 Å². The van der Waals surface area contributed by atoms with Crippen LogP contribution in [0.3, 0.4) is 0 Å². The summed E-state index contributed by atoms with van der Waals surface area (Å²) in [5.41, 5.74) is 0. The van der Waals surface area contributed by atoms with Crippen LogP contribution in [0.5, 0.6) is 0 Å². The number of hydrogen-bond donors (Lipinski definition) is 3. The number of aliphatic hydroxyl groups is 1. The minimum Gasteiger partial charge on any atom is -0.462 e. The number of hydrogen-bond acceptors (Lipinski definition) is 15. The monoisotopic (exact) mass is 1320 g/mol. The van der Waals surface area contributed by atoms with Crippen LogP contribution in [0.25, 0.3) is 0 Å². The van der Waals surface area contributed by atoms with E-state index in [1.54, 1.807) is 0 Å². The fraction of sp³-hybridized carbons (Fsp3) is 0.887. The van der Waals surface area contributed by atoms with Crippen LogP contribution >= 0.6 is 15.6 Å². The maximum Gasteiger partial charge on any atom is 0.472 e. The molecular formula is C71H134O17P2. The molecule has 0 aliphatic heterocycles. The van der Waals surface area contributed by atoms with E-state index in [0.717, 1.165) is 127 Å². The third-order valence-corrected chi connectivity index (χ3v) is 18.0. The predicted molar refractivity (Wildman–Crippen MR) is 363 cm³/mol. The molecule has 0 rings (SSSR count). The van der Waals surface area contributed by atoms with E-state index in [1.807, 2.05) is 0 Å². The first kappa shape index (κ1) is 87.5. The zero-order valence-electron chi connectivity index (χ0n) is 58.1. The number of rotatable bonds is 67. The van der Waals surface area contributed by atoms with Crippen LogP contribution in [0.15, 0.2) is 24.3 Å². The van der Waals surface area contributed by atoms with Crippen LogP contribution in [0.2, 0.25) is 0 Å². The maximum atomic E-state index is 13.0. The lowest BCUT2D eigenvalue weighted by atomic mass is 10.00. The van der Waals surface area contributed by atoms with E-state index in [2.05, 4.69) is 72.8 Å². The first-order valence-electron chi connectivity index (χ1n) is 36.2. The summed E-state index contributed by atoms with van der Waals surface area (Å²) in [6.07, 6.45) is 48.1. The molecule has 0 saturated heterocycles. The van der Waals surface area contributed by atoms with Gasteiger partial charge in [-0.25, -0.2) is 9.13 Å². The van der Waals surface area contributed by atoms with Gasteiger partial charge >= 0.3 is 39.5 Å². The zero-order valence-corrected chi connectivity index (χ0v) is 59.9. The smallest absolute Gasteiger partial charge is 0.462 e. The molecule has 4 unspecified atom stereocenters. The van der Waals surface area contributed by atoms with Crippen molar-refractivity contribution in [2.75, 3.05) is 39.6 Å². The Balaban J connectivity index is 5.28. The van der Waals surface area contributed by atoms with Gasteiger partial charge in [0.05, 0.1) is 26.4 Å². The van der Waals surface area contributed by atoms with E-state index in [0.29, 0.717) is 31.6 Å². The molecule has 0 aromatic heterocycles. The number of ether oxygens (including phenoxy) is 4. The molecule has 0 radical (unpaired) electrons. The number of allylic oxidation sites excluding steroid dienone is 4. The molecule has 3 N–H and O–H groups in total. The molecule has 0 aliphatic carbocycles. The highest BCUT2D eigenvalue weighted by Crippen LogP contribution is 2.45. The highest BCUT2D eigenvalue weighted by atomic mass is 31.2. The number of phosphoric acid groups is 2. The van der Waals surface area contributed by atoms with E-state index in [1.165, 1.54) is 116 Å². The number of aliphatic hydroxyl groups excluding tert-OH is 1. The van der Waals surface area contributed by atoms with Crippen LogP contribution in [-0.4, -0.2) is 96.7 Å². The summed E-state index contributed by atoms with van der Waals surface area (Å²) in [5, 5.41) is 10.6. The minimum absolute atomic E-state index is 0.0836. The van der Waals surface area contributed by atoms with Gasteiger partial charge in [-0.15, -0.1) is 0 Å². The Labute approximate surface area is 548 Å². The Kier molecular flexibility index (Phi) is 59.7. The first-order chi connectivity index (χ1) is 43.3. The lowest BCUT2D eigenvalue weighted by Gasteiger charge is -2.21. The molecule has 19 heteroatoms. The number of carbonyl (C=O) groups excluding carboxylic acids is 4. The molecule has 0 saturated carbocycles. The molecule has 0 heterocycles. The molecular weight excluding hydrogens is 1190 g/mol. The van der Waals surface area contributed by atoms with Crippen LogP contribution in [0.1, 0.15) is 331 Å². The van der Waals surface area contributed by atoms with Crippen molar-refractivity contribution in [1.29, 1.82) is 0 Å². The molecule has 0 amide bonds. The molecule has 90 heavy (non-hydrogen) atoms. The number of phosphoric ester groups is 2. The summed E-state index contributed by atoms with van der Waals surface area (Å²) in [5.74, 6) is 0.0480. The SMILES string of the molecule is CCCCCC/C=C\C=C/CCCCCCCC(=O)O[C@H](COC(=O)CCCCCCCCC(C)CC)COP(=O)(O)OCC(O)COP(=O)(O)OC[C@@H](COC(=O)CCCCCCCCCC(C)C)OC(=O)CCCCCCCCCCCCCCC(C)C. The Morgan fingerprint density at radius 3 is 0.989 bits per heavy atom. The van der Waals surface area contributed by atoms with Crippen molar-refractivity contribution in [2.24, 2.45) is 17.8 Å². The van der Waals surface area contributed by atoms with Crippen molar-refractivity contribution in [2.45, 2.75) is 349 Å². The van der Waals surface area contributed by atoms with Gasteiger partial charge < -0.3 is 33.8 Å². The zero-order chi connectivity index (χ0) is 66.6. The highest BCUT2D eigenvalue weighted by Gasteiger charge is 2.30. The van der Waals surface area contributed by atoms with E-state index in [-0.39, 0.29) is 25.7 Å². The van der Waals surface area contributed by atoms with Gasteiger partial charge in [-0.2, -0.15) is 0 Å². The number of carbonyl (C=O) groups is 4. The first-order valence-corrected chi connectivity index (χ1v) is 39.2. The summed E-state index contributed by atoms with van der Waals surface area (Å²) in [7, 11) is -9.92. The fourth-order valence-electron chi connectivity index (χ4n) is 10.1. The highest BCUT2D eigenvalue weighted by molar-refractivity contribution is 7.47.